The lowest BCUT2D eigenvalue weighted by Gasteiger charge is -2.08. The maximum absolute atomic E-state index is 5.91. The molecule has 0 fully saturated rings. The minimum Gasteiger partial charge on any atom is -0.491 e. The summed E-state index contributed by atoms with van der Waals surface area (Å²) in [6.07, 6.45) is 2.01. The zero-order valence-electron chi connectivity index (χ0n) is 7.52. The third-order valence-corrected chi connectivity index (χ3v) is 3.11. The molecule has 0 aliphatic rings. The van der Waals surface area contributed by atoms with Crippen molar-refractivity contribution in [3.8, 4) is 5.75 Å². The van der Waals surface area contributed by atoms with Crippen LogP contribution >= 0.6 is 46.6 Å². The summed E-state index contributed by atoms with van der Waals surface area (Å²) >= 11 is 19.2. The monoisotopic (exact) mass is 270 g/mol. The SMILES string of the molecule is CSCCOc1cc(Cl)c(Cl)cc1Cl. The summed E-state index contributed by atoms with van der Waals surface area (Å²) in [5.41, 5.74) is 0. The van der Waals surface area contributed by atoms with E-state index in [2.05, 4.69) is 0 Å². The zero-order valence-corrected chi connectivity index (χ0v) is 10.6. The van der Waals surface area contributed by atoms with E-state index in [4.69, 9.17) is 39.5 Å². The van der Waals surface area contributed by atoms with Crippen molar-refractivity contribution in [2.75, 3.05) is 18.6 Å². The molecular weight excluding hydrogens is 263 g/mol. The molecular formula is C9H9Cl3OS. The van der Waals surface area contributed by atoms with E-state index in [0.29, 0.717) is 27.4 Å². The van der Waals surface area contributed by atoms with Crippen LogP contribution in [0.25, 0.3) is 0 Å². The molecule has 0 aliphatic heterocycles. The molecule has 1 nitrogen and oxygen atoms in total. The van der Waals surface area contributed by atoms with Crippen LogP contribution in [0.2, 0.25) is 15.1 Å². The molecule has 0 atom stereocenters. The molecule has 0 aliphatic carbocycles. The Bertz CT molecular complexity index is 317. The predicted octanol–water partition coefficient (Wildman–Crippen LogP) is 4.39. The minimum absolute atomic E-state index is 0.439. The van der Waals surface area contributed by atoms with E-state index in [0.717, 1.165) is 5.75 Å². The van der Waals surface area contributed by atoms with Gasteiger partial charge in [0, 0.05) is 11.8 Å². The molecule has 1 aromatic carbocycles. The predicted molar refractivity (Wildman–Crippen MR) is 65.3 cm³/mol. The Balaban J connectivity index is 2.72. The zero-order chi connectivity index (χ0) is 10.6. The number of hydrogen-bond donors (Lipinski definition) is 0. The topological polar surface area (TPSA) is 9.23 Å². The van der Waals surface area contributed by atoms with Gasteiger partial charge in [-0.3, -0.25) is 0 Å². The van der Waals surface area contributed by atoms with Gasteiger partial charge < -0.3 is 4.74 Å². The Morgan fingerprint density at radius 1 is 1.14 bits per heavy atom. The summed E-state index contributed by atoms with van der Waals surface area (Å²) < 4.78 is 5.42. The molecule has 1 rings (SSSR count). The van der Waals surface area contributed by atoms with Crippen molar-refractivity contribution in [1.29, 1.82) is 0 Å². The summed E-state index contributed by atoms with van der Waals surface area (Å²) in [5, 5.41) is 1.38. The second-order valence-electron chi connectivity index (χ2n) is 2.54. The van der Waals surface area contributed by atoms with Gasteiger partial charge in [-0.05, 0) is 12.3 Å². The Kier molecular flexibility index (Phi) is 5.24. The highest BCUT2D eigenvalue weighted by Gasteiger charge is 2.06. The van der Waals surface area contributed by atoms with Crippen LogP contribution in [-0.4, -0.2) is 18.6 Å². The van der Waals surface area contributed by atoms with E-state index in [1.54, 1.807) is 23.9 Å². The molecule has 14 heavy (non-hydrogen) atoms. The van der Waals surface area contributed by atoms with Crippen LogP contribution in [-0.2, 0) is 0 Å². The maximum atomic E-state index is 5.91. The third-order valence-electron chi connectivity index (χ3n) is 1.52. The average molecular weight is 272 g/mol. The van der Waals surface area contributed by atoms with Gasteiger partial charge in [0.25, 0.3) is 0 Å². The van der Waals surface area contributed by atoms with Crippen molar-refractivity contribution in [1.82, 2.24) is 0 Å². The summed E-state index contributed by atoms with van der Waals surface area (Å²) in [7, 11) is 0. The van der Waals surface area contributed by atoms with Gasteiger partial charge in [0.1, 0.15) is 5.75 Å². The lowest BCUT2D eigenvalue weighted by molar-refractivity contribution is 0.344. The number of rotatable bonds is 4. The summed E-state index contributed by atoms with van der Waals surface area (Å²) in [6, 6.07) is 3.21. The minimum atomic E-state index is 0.439. The van der Waals surface area contributed by atoms with E-state index in [9.17, 15) is 0 Å². The van der Waals surface area contributed by atoms with Gasteiger partial charge in [-0.15, -0.1) is 0 Å². The molecule has 78 valence electrons. The first-order valence-corrected chi connectivity index (χ1v) is 6.44. The van der Waals surface area contributed by atoms with Crippen LogP contribution in [0.15, 0.2) is 12.1 Å². The normalized spacial score (nSPS) is 10.3. The number of halogens is 3. The summed E-state index contributed by atoms with van der Waals surface area (Å²) in [5.74, 6) is 1.49. The Morgan fingerprint density at radius 2 is 1.79 bits per heavy atom. The molecule has 0 N–H and O–H groups in total. The molecule has 0 saturated carbocycles. The standard InChI is InChI=1S/C9H9Cl3OS/c1-14-3-2-13-9-5-7(11)6(10)4-8(9)12/h4-5H,2-3H2,1H3. The molecule has 0 bridgehead atoms. The Morgan fingerprint density at radius 3 is 2.43 bits per heavy atom. The first kappa shape index (κ1) is 12.3. The average Bonchev–Trinajstić information content (AvgIpc) is 2.14. The number of thioether (sulfide) groups is 1. The van der Waals surface area contributed by atoms with Gasteiger partial charge in [0.15, 0.2) is 0 Å². The molecule has 5 heteroatoms. The first-order valence-electron chi connectivity index (χ1n) is 3.91. The van der Waals surface area contributed by atoms with Crippen LogP contribution in [0, 0.1) is 0 Å². The molecule has 0 radical (unpaired) electrons. The lowest BCUT2D eigenvalue weighted by Crippen LogP contribution is -2.00. The van der Waals surface area contributed by atoms with Crippen molar-refractivity contribution < 1.29 is 4.74 Å². The van der Waals surface area contributed by atoms with Crippen LogP contribution < -0.4 is 4.74 Å². The van der Waals surface area contributed by atoms with Crippen LogP contribution in [0.4, 0.5) is 0 Å². The number of benzene rings is 1. The van der Waals surface area contributed by atoms with Gasteiger partial charge in [0.05, 0.1) is 21.7 Å². The van der Waals surface area contributed by atoms with Crippen LogP contribution in [0.5, 0.6) is 5.75 Å². The van der Waals surface area contributed by atoms with Gasteiger partial charge in [0.2, 0.25) is 0 Å². The third kappa shape index (κ3) is 3.43. The molecule has 0 unspecified atom stereocenters. The summed E-state index contributed by atoms with van der Waals surface area (Å²) in [6.45, 7) is 0.610. The fourth-order valence-corrected chi connectivity index (χ4v) is 1.69. The molecule has 0 saturated heterocycles. The lowest BCUT2D eigenvalue weighted by atomic mass is 10.3. The van der Waals surface area contributed by atoms with Crippen LogP contribution in [0.1, 0.15) is 0 Å². The fourth-order valence-electron chi connectivity index (χ4n) is 0.850. The fraction of sp³-hybridized carbons (Fsp3) is 0.333. The molecule has 0 heterocycles. The Labute approximate surface area is 103 Å². The highest BCUT2D eigenvalue weighted by molar-refractivity contribution is 7.98. The highest BCUT2D eigenvalue weighted by atomic mass is 35.5. The Hall–Kier alpha value is 0.240. The highest BCUT2D eigenvalue weighted by Crippen LogP contribution is 2.33. The van der Waals surface area contributed by atoms with Crippen molar-refractivity contribution in [2.45, 2.75) is 0 Å². The van der Waals surface area contributed by atoms with Gasteiger partial charge >= 0.3 is 0 Å². The van der Waals surface area contributed by atoms with Crippen molar-refractivity contribution in [3.63, 3.8) is 0 Å². The van der Waals surface area contributed by atoms with E-state index in [1.807, 2.05) is 6.26 Å². The largest absolute Gasteiger partial charge is 0.491 e. The van der Waals surface area contributed by atoms with E-state index < -0.39 is 0 Å². The van der Waals surface area contributed by atoms with Gasteiger partial charge in [-0.25, -0.2) is 0 Å². The van der Waals surface area contributed by atoms with Crippen molar-refractivity contribution >= 4 is 46.6 Å². The van der Waals surface area contributed by atoms with Crippen LogP contribution in [0.3, 0.4) is 0 Å². The van der Waals surface area contributed by atoms with E-state index in [1.165, 1.54) is 0 Å². The molecule has 1 aromatic rings. The summed E-state index contributed by atoms with van der Waals surface area (Å²) in [4.78, 5) is 0. The second kappa shape index (κ2) is 5.96. The van der Waals surface area contributed by atoms with Crippen molar-refractivity contribution in [2.24, 2.45) is 0 Å². The van der Waals surface area contributed by atoms with Crippen molar-refractivity contribution in [3.05, 3.63) is 27.2 Å². The number of ether oxygens (including phenoxy) is 1. The molecule has 0 spiro atoms. The van der Waals surface area contributed by atoms with Gasteiger partial charge in [-0.1, -0.05) is 34.8 Å². The van der Waals surface area contributed by atoms with Gasteiger partial charge in [-0.2, -0.15) is 11.8 Å². The maximum Gasteiger partial charge on any atom is 0.139 e. The molecule has 0 amide bonds. The van der Waals surface area contributed by atoms with E-state index >= 15 is 0 Å². The quantitative estimate of drug-likeness (QED) is 0.593. The second-order valence-corrected chi connectivity index (χ2v) is 4.75. The molecule has 0 aromatic heterocycles. The smallest absolute Gasteiger partial charge is 0.139 e. The first-order chi connectivity index (χ1) is 6.65. The number of hydrogen-bond acceptors (Lipinski definition) is 2. The van der Waals surface area contributed by atoms with E-state index in [-0.39, 0.29) is 0 Å².